The molecule has 5 heteroatoms. The van der Waals surface area contributed by atoms with Crippen LogP contribution in [0.2, 0.25) is 0 Å². The number of unbranched alkanes of at least 4 members (excludes halogenated alkanes) is 4. The minimum atomic E-state index is -0.163. The van der Waals surface area contributed by atoms with Crippen LogP contribution in [-0.2, 0) is 9.53 Å². The van der Waals surface area contributed by atoms with Crippen LogP contribution >= 0.6 is 0 Å². The molecule has 130 valence electrons. The molecule has 0 spiro atoms. The first-order valence-electron chi connectivity index (χ1n) is 8.37. The minimum Gasteiger partial charge on any atom is -0.493 e. The van der Waals surface area contributed by atoms with Crippen molar-refractivity contribution < 1.29 is 19.0 Å². The van der Waals surface area contributed by atoms with E-state index >= 15 is 0 Å². The molecule has 23 heavy (non-hydrogen) atoms. The van der Waals surface area contributed by atoms with E-state index in [-0.39, 0.29) is 12.5 Å². The molecule has 0 saturated carbocycles. The van der Waals surface area contributed by atoms with Crippen LogP contribution in [0.25, 0.3) is 0 Å². The van der Waals surface area contributed by atoms with Crippen LogP contribution in [-0.4, -0.2) is 39.4 Å². The molecule has 0 aliphatic carbocycles. The Labute approximate surface area is 139 Å². The summed E-state index contributed by atoms with van der Waals surface area (Å²) in [7, 11) is 1.60. The molecule has 1 aromatic carbocycles. The number of methoxy groups -OCH3 is 1. The van der Waals surface area contributed by atoms with Crippen LogP contribution in [0.4, 0.5) is 0 Å². The van der Waals surface area contributed by atoms with Gasteiger partial charge in [0.1, 0.15) is 11.5 Å². The summed E-state index contributed by atoms with van der Waals surface area (Å²) in [4.78, 5) is 11.6. The monoisotopic (exact) mass is 323 g/mol. The number of hydrogen-bond acceptors (Lipinski definition) is 4. The van der Waals surface area contributed by atoms with Crippen molar-refractivity contribution >= 4 is 5.91 Å². The summed E-state index contributed by atoms with van der Waals surface area (Å²) in [6, 6.07) is 7.40. The standard InChI is InChI=1S/C18H29NO4/c1-3-4-5-6-7-12-22-16-9-8-10-17(14-16)23-15-18(20)19-11-13-21-2/h8-10,14H,3-7,11-13,15H2,1-2H3,(H,19,20). The first-order valence-corrected chi connectivity index (χ1v) is 8.37. The Balaban J connectivity index is 2.23. The van der Waals surface area contributed by atoms with Gasteiger partial charge in [-0.15, -0.1) is 0 Å². The number of hydrogen-bond donors (Lipinski definition) is 1. The zero-order chi connectivity index (χ0) is 16.8. The van der Waals surface area contributed by atoms with Gasteiger partial charge in [0.25, 0.3) is 5.91 Å². The predicted octanol–water partition coefficient (Wildman–Crippen LogP) is 3.18. The highest BCUT2D eigenvalue weighted by molar-refractivity contribution is 5.77. The number of nitrogens with one attached hydrogen (secondary N) is 1. The van der Waals surface area contributed by atoms with Crippen molar-refractivity contribution in [2.24, 2.45) is 0 Å². The molecule has 5 nitrogen and oxygen atoms in total. The van der Waals surface area contributed by atoms with E-state index in [1.165, 1.54) is 25.7 Å². The Hall–Kier alpha value is -1.75. The van der Waals surface area contributed by atoms with Crippen LogP contribution in [0.1, 0.15) is 39.0 Å². The topological polar surface area (TPSA) is 56.8 Å². The Morgan fingerprint density at radius 1 is 1.04 bits per heavy atom. The fraction of sp³-hybridized carbons (Fsp3) is 0.611. The van der Waals surface area contributed by atoms with E-state index in [0.29, 0.717) is 25.5 Å². The molecule has 0 radical (unpaired) electrons. The molecule has 0 fully saturated rings. The molecule has 0 bridgehead atoms. The third-order valence-corrected chi connectivity index (χ3v) is 3.32. The normalized spacial score (nSPS) is 10.3. The average Bonchev–Trinajstić information content (AvgIpc) is 2.57. The van der Waals surface area contributed by atoms with Gasteiger partial charge in [-0.1, -0.05) is 38.7 Å². The van der Waals surface area contributed by atoms with Crippen LogP contribution in [0.5, 0.6) is 11.5 Å². The summed E-state index contributed by atoms with van der Waals surface area (Å²) in [5.74, 6) is 1.25. The number of carbonyl (C=O) groups is 1. The van der Waals surface area contributed by atoms with Gasteiger partial charge < -0.3 is 19.5 Å². The number of rotatable bonds is 13. The molecule has 0 saturated heterocycles. The summed E-state index contributed by atoms with van der Waals surface area (Å²) in [5.41, 5.74) is 0. The Morgan fingerprint density at radius 3 is 2.52 bits per heavy atom. The lowest BCUT2D eigenvalue weighted by Gasteiger charge is -2.10. The maximum atomic E-state index is 11.6. The van der Waals surface area contributed by atoms with Gasteiger partial charge in [0.2, 0.25) is 0 Å². The maximum Gasteiger partial charge on any atom is 0.258 e. The molecular weight excluding hydrogens is 294 g/mol. The van der Waals surface area contributed by atoms with Crippen molar-refractivity contribution in [3.63, 3.8) is 0 Å². The quantitative estimate of drug-likeness (QED) is 0.567. The van der Waals surface area contributed by atoms with Crippen molar-refractivity contribution in [3.8, 4) is 11.5 Å². The average molecular weight is 323 g/mol. The molecule has 0 atom stereocenters. The van der Waals surface area contributed by atoms with E-state index < -0.39 is 0 Å². The minimum absolute atomic E-state index is 0.00974. The van der Waals surface area contributed by atoms with Crippen LogP contribution < -0.4 is 14.8 Å². The van der Waals surface area contributed by atoms with Gasteiger partial charge in [0, 0.05) is 19.7 Å². The number of amides is 1. The lowest BCUT2D eigenvalue weighted by molar-refractivity contribution is -0.123. The maximum absolute atomic E-state index is 11.6. The van der Waals surface area contributed by atoms with Gasteiger partial charge in [-0.3, -0.25) is 4.79 Å². The Bertz CT molecular complexity index is 437. The Kier molecular flexibility index (Phi) is 10.7. The largest absolute Gasteiger partial charge is 0.493 e. The summed E-state index contributed by atoms with van der Waals surface area (Å²) in [5, 5.41) is 2.71. The third kappa shape index (κ3) is 9.79. The fourth-order valence-electron chi connectivity index (χ4n) is 2.04. The molecule has 0 aromatic heterocycles. The van der Waals surface area contributed by atoms with Gasteiger partial charge in [-0.2, -0.15) is 0 Å². The molecule has 1 N–H and O–H groups in total. The second kappa shape index (κ2) is 12.8. The highest BCUT2D eigenvalue weighted by Gasteiger charge is 2.03. The highest BCUT2D eigenvalue weighted by atomic mass is 16.5. The van der Waals surface area contributed by atoms with Gasteiger partial charge in [-0.05, 0) is 18.6 Å². The molecule has 0 heterocycles. The molecule has 1 aromatic rings. The summed E-state index contributed by atoms with van der Waals surface area (Å²) in [6.07, 6.45) is 6.06. The number of carbonyl (C=O) groups excluding carboxylic acids is 1. The van der Waals surface area contributed by atoms with E-state index in [9.17, 15) is 4.79 Å². The third-order valence-electron chi connectivity index (χ3n) is 3.32. The van der Waals surface area contributed by atoms with E-state index in [1.807, 2.05) is 24.3 Å². The molecule has 1 rings (SSSR count). The van der Waals surface area contributed by atoms with Crippen molar-refractivity contribution in [1.82, 2.24) is 5.32 Å². The lowest BCUT2D eigenvalue weighted by atomic mass is 10.2. The number of ether oxygens (including phenoxy) is 3. The second-order valence-corrected chi connectivity index (χ2v) is 5.37. The SMILES string of the molecule is CCCCCCCOc1cccc(OCC(=O)NCCOC)c1. The van der Waals surface area contributed by atoms with Gasteiger partial charge in [0.05, 0.1) is 13.2 Å². The van der Waals surface area contributed by atoms with E-state index in [2.05, 4.69) is 12.2 Å². The van der Waals surface area contributed by atoms with Crippen LogP contribution in [0.3, 0.4) is 0 Å². The molecule has 0 aliphatic heterocycles. The van der Waals surface area contributed by atoms with Crippen molar-refractivity contribution in [2.75, 3.05) is 33.5 Å². The molecule has 0 unspecified atom stereocenters. The van der Waals surface area contributed by atoms with Gasteiger partial charge >= 0.3 is 0 Å². The smallest absolute Gasteiger partial charge is 0.258 e. The predicted molar refractivity (Wildman–Crippen MR) is 91.1 cm³/mol. The molecule has 0 aliphatic rings. The first-order chi connectivity index (χ1) is 11.3. The zero-order valence-electron chi connectivity index (χ0n) is 14.3. The van der Waals surface area contributed by atoms with E-state index in [4.69, 9.17) is 14.2 Å². The van der Waals surface area contributed by atoms with Crippen molar-refractivity contribution in [1.29, 1.82) is 0 Å². The van der Waals surface area contributed by atoms with Crippen molar-refractivity contribution in [2.45, 2.75) is 39.0 Å². The summed E-state index contributed by atoms with van der Waals surface area (Å²) < 4.78 is 16.0. The summed E-state index contributed by atoms with van der Waals surface area (Å²) in [6.45, 7) is 3.89. The number of benzene rings is 1. The first kappa shape index (κ1) is 19.3. The lowest BCUT2D eigenvalue weighted by Crippen LogP contribution is -2.31. The second-order valence-electron chi connectivity index (χ2n) is 5.37. The highest BCUT2D eigenvalue weighted by Crippen LogP contribution is 2.19. The van der Waals surface area contributed by atoms with Crippen LogP contribution in [0, 0.1) is 0 Å². The Morgan fingerprint density at radius 2 is 1.78 bits per heavy atom. The van der Waals surface area contributed by atoms with E-state index in [0.717, 1.165) is 12.2 Å². The fourth-order valence-corrected chi connectivity index (χ4v) is 2.04. The van der Waals surface area contributed by atoms with Gasteiger partial charge in [-0.25, -0.2) is 0 Å². The molecule has 1 amide bonds. The zero-order valence-corrected chi connectivity index (χ0v) is 14.3. The van der Waals surface area contributed by atoms with Gasteiger partial charge in [0.15, 0.2) is 6.61 Å². The van der Waals surface area contributed by atoms with Crippen molar-refractivity contribution in [3.05, 3.63) is 24.3 Å². The molecular formula is C18H29NO4. The van der Waals surface area contributed by atoms with Crippen LogP contribution in [0.15, 0.2) is 24.3 Å². The summed E-state index contributed by atoms with van der Waals surface area (Å²) >= 11 is 0. The van der Waals surface area contributed by atoms with E-state index in [1.54, 1.807) is 7.11 Å².